The van der Waals surface area contributed by atoms with Crippen LogP contribution >= 0.6 is 11.6 Å². The maximum atomic E-state index is 12.3. The van der Waals surface area contributed by atoms with E-state index in [1.165, 1.54) is 0 Å². The molecule has 0 amide bonds. The second kappa shape index (κ2) is 5.75. The maximum Gasteiger partial charge on any atom is 0.259 e. The van der Waals surface area contributed by atoms with Crippen molar-refractivity contribution in [1.29, 1.82) is 5.41 Å². The molecule has 1 aromatic heterocycles. The number of nitrogens with zero attached hydrogens (tertiary/aromatic N) is 2. The molecule has 1 aliphatic rings. The highest BCUT2D eigenvalue weighted by Crippen LogP contribution is 2.29. The highest BCUT2D eigenvalue weighted by Gasteiger charge is 2.31. The summed E-state index contributed by atoms with van der Waals surface area (Å²) in [6.07, 6.45) is 0. The van der Waals surface area contributed by atoms with E-state index in [9.17, 15) is 9.90 Å². The fourth-order valence-electron chi connectivity index (χ4n) is 2.89. The minimum absolute atomic E-state index is 0.0154. The van der Waals surface area contributed by atoms with E-state index in [1.807, 2.05) is 30.3 Å². The first-order valence-electron chi connectivity index (χ1n) is 7.58. The summed E-state index contributed by atoms with van der Waals surface area (Å²) >= 11 is 5.98. The number of aromatic nitrogens is 2. The van der Waals surface area contributed by atoms with Gasteiger partial charge in [0.15, 0.2) is 0 Å². The molecule has 0 unspecified atom stereocenters. The number of aromatic amines is 1. The number of hydrogen-bond donors (Lipinski definition) is 3. The van der Waals surface area contributed by atoms with Crippen molar-refractivity contribution >= 4 is 39.6 Å². The lowest BCUT2D eigenvalue weighted by Crippen LogP contribution is -2.26. The van der Waals surface area contributed by atoms with E-state index in [0.717, 1.165) is 5.69 Å². The van der Waals surface area contributed by atoms with Crippen molar-refractivity contribution in [2.45, 2.75) is 0 Å². The number of anilines is 1. The van der Waals surface area contributed by atoms with Gasteiger partial charge in [0.1, 0.15) is 17.4 Å². The molecule has 2 heterocycles. The van der Waals surface area contributed by atoms with Crippen LogP contribution in [0.2, 0.25) is 5.02 Å². The number of H-pyrrole nitrogens is 1. The molecule has 0 atom stereocenters. The first-order chi connectivity index (χ1) is 12.0. The third kappa shape index (κ3) is 2.56. The molecule has 0 radical (unpaired) electrons. The average molecular weight is 353 g/mol. The number of amidine groups is 1. The van der Waals surface area contributed by atoms with Gasteiger partial charge in [0.05, 0.1) is 23.0 Å². The van der Waals surface area contributed by atoms with Crippen LogP contribution in [0.5, 0.6) is 0 Å². The topological polar surface area (TPSA) is 93.1 Å². The molecule has 6 nitrogen and oxygen atoms in total. The lowest BCUT2D eigenvalue weighted by atomic mass is 10.2. The molecular weight excluding hydrogens is 340 g/mol. The Hall–Kier alpha value is -3.12. The summed E-state index contributed by atoms with van der Waals surface area (Å²) in [5.41, 5.74) is 1.06. The van der Waals surface area contributed by atoms with Gasteiger partial charge in [0, 0.05) is 10.7 Å². The van der Waals surface area contributed by atoms with Crippen molar-refractivity contribution in [2.24, 2.45) is 0 Å². The molecule has 0 saturated heterocycles. The number of para-hydroxylation sites is 1. The van der Waals surface area contributed by atoms with Crippen molar-refractivity contribution < 1.29 is 5.11 Å². The Balaban J connectivity index is 1.82. The van der Waals surface area contributed by atoms with Gasteiger partial charge in [-0.05, 0) is 30.3 Å². The van der Waals surface area contributed by atoms with Gasteiger partial charge in [-0.1, -0.05) is 29.8 Å². The van der Waals surface area contributed by atoms with Gasteiger partial charge in [-0.3, -0.25) is 10.2 Å². The number of aliphatic hydroxyl groups is 1. The molecule has 1 aliphatic heterocycles. The minimum atomic E-state index is -0.345. The molecule has 3 N–H and O–H groups in total. The Labute approximate surface area is 147 Å². The molecule has 0 spiro atoms. The average Bonchev–Trinajstić information content (AvgIpc) is 2.89. The number of benzene rings is 2. The van der Waals surface area contributed by atoms with Crippen molar-refractivity contribution in [2.75, 3.05) is 11.4 Å². The zero-order chi connectivity index (χ0) is 17.6. The normalized spacial score (nSPS) is 14.6. The van der Waals surface area contributed by atoms with Crippen LogP contribution in [0.15, 0.2) is 59.1 Å². The van der Waals surface area contributed by atoms with E-state index in [-0.39, 0.29) is 35.1 Å². The summed E-state index contributed by atoms with van der Waals surface area (Å²) in [6, 6.07) is 14.1. The summed E-state index contributed by atoms with van der Waals surface area (Å²) < 4.78 is 0. The predicted molar refractivity (Wildman–Crippen MR) is 98.4 cm³/mol. The Kier molecular flexibility index (Phi) is 3.54. The van der Waals surface area contributed by atoms with Gasteiger partial charge >= 0.3 is 0 Å². The fourth-order valence-corrected chi connectivity index (χ4v) is 3.05. The highest BCUT2D eigenvalue weighted by atomic mass is 35.5. The minimum Gasteiger partial charge on any atom is -0.509 e. The van der Waals surface area contributed by atoms with Crippen molar-refractivity contribution in [3.63, 3.8) is 0 Å². The Morgan fingerprint density at radius 3 is 2.72 bits per heavy atom. The summed E-state index contributed by atoms with van der Waals surface area (Å²) in [6.45, 7) is 0.148. The molecule has 0 fully saturated rings. The quantitative estimate of drug-likeness (QED) is 0.659. The monoisotopic (exact) mass is 352 g/mol. The number of rotatable bonds is 2. The summed E-state index contributed by atoms with van der Waals surface area (Å²) in [5.74, 6) is 0.215. The SMILES string of the molecule is N=C1C(c2nc3cc(Cl)ccc3c(=O)[nH]2)=C(O)CN1c1ccccc1. The molecule has 3 aromatic rings. The lowest BCUT2D eigenvalue weighted by molar-refractivity contribution is 0.411. The summed E-state index contributed by atoms with van der Waals surface area (Å²) in [7, 11) is 0. The van der Waals surface area contributed by atoms with E-state index in [2.05, 4.69) is 9.97 Å². The van der Waals surface area contributed by atoms with E-state index >= 15 is 0 Å². The number of hydrogen-bond acceptors (Lipinski definition) is 4. The molecule has 4 rings (SSSR count). The van der Waals surface area contributed by atoms with Crippen LogP contribution in [0.1, 0.15) is 5.82 Å². The van der Waals surface area contributed by atoms with Gasteiger partial charge < -0.3 is 15.0 Å². The standard InChI is InChI=1S/C18H13ClN4O2/c19-10-6-7-12-13(8-10)21-17(22-18(12)25)15-14(24)9-23(16(15)20)11-4-2-1-3-5-11/h1-8,20,24H,9H2,(H,21,22,25). The van der Waals surface area contributed by atoms with Crippen LogP contribution in [0, 0.1) is 5.41 Å². The Morgan fingerprint density at radius 2 is 1.96 bits per heavy atom. The molecule has 124 valence electrons. The second-order valence-corrected chi connectivity index (χ2v) is 6.10. The summed E-state index contributed by atoms with van der Waals surface area (Å²) in [4.78, 5) is 21.0. The predicted octanol–water partition coefficient (Wildman–Crippen LogP) is 3.34. The Morgan fingerprint density at radius 1 is 1.20 bits per heavy atom. The number of fused-ring (bicyclic) bond motifs is 1. The van der Waals surface area contributed by atoms with Crippen molar-refractivity contribution in [3.8, 4) is 0 Å². The van der Waals surface area contributed by atoms with Gasteiger partial charge in [0.25, 0.3) is 5.56 Å². The molecule has 0 bridgehead atoms. The molecule has 0 saturated carbocycles. The highest BCUT2D eigenvalue weighted by molar-refractivity contribution is 6.31. The number of halogens is 1. The van der Waals surface area contributed by atoms with Crippen LogP contribution in [0.4, 0.5) is 5.69 Å². The second-order valence-electron chi connectivity index (χ2n) is 5.67. The Bertz CT molecular complexity index is 1090. The van der Waals surface area contributed by atoms with Crippen molar-refractivity contribution in [1.82, 2.24) is 9.97 Å². The van der Waals surface area contributed by atoms with Crippen LogP contribution in [-0.2, 0) is 0 Å². The van der Waals surface area contributed by atoms with Gasteiger partial charge in [0.2, 0.25) is 0 Å². The first kappa shape index (κ1) is 15.4. The smallest absolute Gasteiger partial charge is 0.259 e. The van der Waals surface area contributed by atoms with Crippen LogP contribution in [0.25, 0.3) is 16.5 Å². The zero-order valence-corrected chi connectivity index (χ0v) is 13.7. The van der Waals surface area contributed by atoms with E-state index in [0.29, 0.717) is 15.9 Å². The number of nitrogens with one attached hydrogen (secondary N) is 2. The molecular formula is C18H13ClN4O2. The molecule has 25 heavy (non-hydrogen) atoms. The third-order valence-corrected chi connectivity index (χ3v) is 4.31. The molecule has 7 heteroatoms. The van der Waals surface area contributed by atoms with E-state index in [4.69, 9.17) is 17.0 Å². The van der Waals surface area contributed by atoms with E-state index < -0.39 is 0 Å². The first-order valence-corrected chi connectivity index (χ1v) is 7.96. The van der Waals surface area contributed by atoms with Gasteiger partial charge in [-0.25, -0.2) is 4.98 Å². The van der Waals surface area contributed by atoms with Crippen LogP contribution in [-0.4, -0.2) is 27.5 Å². The molecule has 2 aromatic carbocycles. The maximum absolute atomic E-state index is 12.3. The van der Waals surface area contributed by atoms with Crippen molar-refractivity contribution in [3.05, 3.63) is 75.5 Å². The molecule has 0 aliphatic carbocycles. The van der Waals surface area contributed by atoms with Gasteiger partial charge in [-0.2, -0.15) is 0 Å². The number of aliphatic hydroxyl groups excluding tert-OH is 1. The largest absolute Gasteiger partial charge is 0.509 e. The zero-order valence-electron chi connectivity index (χ0n) is 13.0. The van der Waals surface area contributed by atoms with Crippen LogP contribution < -0.4 is 10.5 Å². The fraction of sp³-hybridized carbons (Fsp3) is 0.0556. The third-order valence-electron chi connectivity index (χ3n) is 4.08. The van der Waals surface area contributed by atoms with Crippen LogP contribution in [0.3, 0.4) is 0 Å². The lowest BCUT2D eigenvalue weighted by Gasteiger charge is -2.18. The summed E-state index contributed by atoms with van der Waals surface area (Å²) in [5, 5.41) is 19.6. The van der Waals surface area contributed by atoms with Gasteiger partial charge in [-0.15, -0.1) is 0 Å². The van der Waals surface area contributed by atoms with E-state index in [1.54, 1.807) is 23.1 Å².